The molecular weight excluding hydrogens is 290 g/mol. The number of fused-ring (bicyclic) bond motifs is 1. The minimum absolute atomic E-state index is 0.248. The van der Waals surface area contributed by atoms with Crippen molar-refractivity contribution in [3.8, 4) is 0 Å². The highest BCUT2D eigenvalue weighted by atomic mass is 35.5. The zero-order chi connectivity index (χ0) is 14.8. The van der Waals surface area contributed by atoms with Gasteiger partial charge in [0.2, 0.25) is 0 Å². The summed E-state index contributed by atoms with van der Waals surface area (Å²) in [6.07, 6.45) is 3.35. The standard InChI is InChI=1S/C15H18ClN3O2/c1-21-15(20)13-11-6-4-7-12(16)19(11)14(18-13)10-5-2-3-8-17-9-10/h4,6-7,10,17H,2-3,5,8-9H2,1H3. The van der Waals surface area contributed by atoms with Crippen molar-refractivity contribution in [2.45, 2.75) is 25.2 Å². The Hall–Kier alpha value is -1.59. The number of methoxy groups -OCH3 is 1. The molecule has 6 heteroatoms. The van der Waals surface area contributed by atoms with Gasteiger partial charge >= 0.3 is 5.97 Å². The lowest BCUT2D eigenvalue weighted by Gasteiger charge is -2.13. The predicted molar refractivity (Wildman–Crippen MR) is 81.0 cm³/mol. The molecule has 0 saturated carbocycles. The maximum Gasteiger partial charge on any atom is 0.358 e. The fourth-order valence-corrected chi connectivity index (χ4v) is 3.13. The number of ether oxygens (including phenoxy) is 1. The summed E-state index contributed by atoms with van der Waals surface area (Å²) in [5.41, 5.74) is 1.04. The Morgan fingerprint density at radius 3 is 3.14 bits per heavy atom. The molecule has 1 aliphatic rings. The number of hydrogen-bond acceptors (Lipinski definition) is 4. The Balaban J connectivity index is 2.15. The topological polar surface area (TPSA) is 55.6 Å². The second-order valence-electron chi connectivity index (χ2n) is 5.28. The molecule has 0 radical (unpaired) electrons. The quantitative estimate of drug-likeness (QED) is 0.684. The highest BCUT2D eigenvalue weighted by molar-refractivity contribution is 6.30. The van der Waals surface area contributed by atoms with Crippen molar-refractivity contribution in [3.05, 3.63) is 34.9 Å². The molecule has 0 bridgehead atoms. The van der Waals surface area contributed by atoms with Crippen LogP contribution in [0.5, 0.6) is 0 Å². The highest BCUT2D eigenvalue weighted by Crippen LogP contribution is 2.28. The van der Waals surface area contributed by atoms with Gasteiger partial charge in [-0.1, -0.05) is 24.1 Å². The van der Waals surface area contributed by atoms with Crippen molar-refractivity contribution in [2.75, 3.05) is 20.2 Å². The SMILES string of the molecule is COC(=O)c1nc(C2CCCCNC2)n2c(Cl)cccc12. The molecule has 21 heavy (non-hydrogen) atoms. The van der Waals surface area contributed by atoms with Crippen LogP contribution < -0.4 is 5.32 Å². The van der Waals surface area contributed by atoms with Crippen LogP contribution in [0.2, 0.25) is 5.15 Å². The van der Waals surface area contributed by atoms with E-state index >= 15 is 0 Å². The number of carbonyl (C=O) groups is 1. The fourth-order valence-electron chi connectivity index (χ4n) is 2.88. The van der Waals surface area contributed by atoms with E-state index < -0.39 is 5.97 Å². The first kappa shape index (κ1) is 14.4. The maximum absolute atomic E-state index is 11.9. The van der Waals surface area contributed by atoms with E-state index in [0.717, 1.165) is 38.2 Å². The van der Waals surface area contributed by atoms with Gasteiger partial charge in [-0.15, -0.1) is 0 Å². The van der Waals surface area contributed by atoms with E-state index in [9.17, 15) is 4.79 Å². The molecule has 2 aromatic heterocycles. The summed E-state index contributed by atoms with van der Waals surface area (Å²) in [4.78, 5) is 16.5. The van der Waals surface area contributed by atoms with Crippen LogP contribution >= 0.6 is 11.6 Å². The summed E-state index contributed by atoms with van der Waals surface area (Å²) in [6.45, 7) is 1.88. The molecule has 0 spiro atoms. The summed E-state index contributed by atoms with van der Waals surface area (Å²) >= 11 is 6.33. The van der Waals surface area contributed by atoms with Gasteiger partial charge in [-0.3, -0.25) is 4.40 Å². The fraction of sp³-hybridized carbons (Fsp3) is 0.467. The highest BCUT2D eigenvalue weighted by Gasteiger charge is 2.25. The van der Waals surface area contributed by atoms with Gasteiger partial charge in [-0.2, -0.15) is 0 Å². The Bertz CT molecular complexity index is 660. The molecule has 1 unspecified atom stereocenters. The van der Waals surface area contributed by atoms with E-state index in [1.807, 2.05) is 22.6 Å². The summed E-state index contributed by atoms with van der Waals surface area (Å²) in [7, 11) is 1.37. The molecule has 5 nitrogen and oxygen atoms in total. The largest absolute Gasteiger partial charge is 0.464 e. The van der Waals surface area contributed by atoms with Crippen LogP contribution in [0.3, 0.4) is 0 Å². The molecule has 1 fully saturated rings. The molecule has 1 atom stereocenters. The lowest BCUT2D eigenvalue weighted by Crippen LogP contribution is -2.21. The van der Waals surface area contributed by atoms with Gasteiger partial charge in [0.1, 0.15) is 11.0 Å². The van der Waals surface area contributed by atoms with E-state index in [0.29, 0.717) is 16.4 Å². The third-order valence-electron chi connectivity index (χ3n) is 3.93. The van der Waals surface area contributed by atoms with Gasteiger partial charge < -0.3 is 10.1 Å². The Labute approximate surface area is 128 Å². The van der Waals surface area contributed by atoms with Crippen molar-refractivity contribution in [1.82, 2.24) is 14.7 Å². The number of carbonyl (C=O) groups excluding carboxylic acids is 1. The first-order valence-corrected chi connectivity index (χ1v) is 7.56. The van der Waals surface area contributed by atoms with Crippen LogP contribution in [0.15, 0.2) is 18.2 Å². The normalized spacial score (nSPS) is 19.4. The molecule has 1 saturated heterocycles. The van der Waals surface area contributed by atoms with Crippen molar-refractivity contribution in [1.29, 1.82) is 0 Å². The molecule has 0 aliphatic carbocycles. The Kier molecular flexibility index (Phi) is 4.12. The van der Waals surface area contributed by atoms with Crippen LogP contribution in [0.4, 0.5) is 0 Å². The van der Waals surface area contributed by atoms with E-state index in [2.05, 4.69) is 10.3 Å². The first-order valence-electron chi connectivity index (χ1n) is 7.18. The molecule has 0 aromatic carbocycles. The lowest BCUT2D eigenvalue weighted by molar-refractivity contribution is 0.0596. The Morgan fingerprint density at radius 2 is 2.33 bits per heavy atom. The zero-order valence-electron chi connectivity index (χ0n) is 11.9. The average molecular weight is 308 g/mol. The van der Waals surface area contributed by atoms with E-state index in [1.54, 1.807) is 0 Å². The van der Waals surface area contributed by atoms with Crippen LogP contribution in [-0.2, 0) is 4.74 Å². The molecule has 3 rings (SSSR count). The van der Waals surface area contributed by atoms with Crippen LogP contribution in [0, 0.1) is 0 Å². The van der Waals surface area contributed by atoms with E-state index in [4.69, 9.17) is 16.3 Å². The van der Waals surface area contributed by atoms with Gasteiger partial charge in [-0.05, 0) is 31.5 Å². The molecule has 2 aromatic rings. The van der Waals surface area contributed by atoms with Crippen molar-refractivity contribution >= 4 is 23.1 Å². The third kappa shape index (κ3) is 2.63. The first-order chi connectivity index (χ1) is 10.2. The number of imidazole rings is 1. The second kappa shape index (κ2) is 6.03. The molecule has 1 aliphatic heterocycles. The number of halogens is 1. The second-order valence-corrected chi connectivity index (χ2v) is 5.66. The monoisotopic (exact) mass is 307 g/mol. The number of nitrogens with one attached hydrogen (secondary N) is 1. The number of hydrogen-bond donors (Lipinski definition) is 1. The lowest BCUT2D eigenvalue weighted by atomic mass is 10.0. The van der Waals surface area contributed by atoms with Crippen molar-refractivity contribution in [2.24, 2.45) is 0 Å². The van der Waals surface area contributed by atoms with E-state index in [-0.39, 0.29) is 5.92 Å². The predicted octanol–water partition coefficient (Wildman–Crippen LogP) is 2.63. The van der Waals surface area contributed by atoms with Crippen molar-refractivity contribution in [3.63, 3.8) is 0 Å². The zero-order valence-corrected chi connectivity index (χ0v) is 12.7. The van der Waals surface area contributed by atoms with Crippen LogP contribution in [0.25, 0.3) is 5.52 Å². The van der Waals surface area contributed by atoms with Crippen molar-refractivity contribution < 1.29 is 9.53 Å². The molecule has 3 heterocycles. The summed E-state index contributed by atoms with van der Waals surface area (Å²) in [5, 5.41) is 3.98. The van der Waals surface area contributed by atoms with Gasteiger partial charge in [0.15, 0.2) is 5.69 Å². The van der Waals surface area contributed by atoms with E-state index in [1.165, 1.54) is 7.11 Å². The average Bonchev–Trinajstić information content (AvgIpc) is 2.70. The number of rotatable bonds is 2. The molecular formula is C15H18ClN3O2. The van der Waals surface area contributed by atoms with Gasteiger partial charge in [0.05, 0.1) is 12.6 Å². The Morgan fingerprint density at radius 1 is 1.48 bits per heavy atom. The van der Waals surface area contributed by atoms with Crippen LogP contribution in [0.1, 0.15) is 41.5 Å². The summed E-state index contributed by atoms with van der Waals surface area (Å²) in [5.74, 6) is 0.659. The number of nitrogens with zero attached hydrogens (tertiary/aromatic N) is 2. The number of aromatic nitrogens is 2. The number of pyridine rings is 1. The summed E-state index contributed by atoms with van der Waals surface area (Å²) in [6, 6.07) is 5.48. The number of esters is 1. The van der Waals surface area contributed by atoms with Gasteiger partial charge in [0, 0.05) is 12.5 Å². The van der Waals surface area contributed by atoms with Gasteiger partial charge in [0.25, 0.3) is 0 Å². The van der Waals surface area contributed by atoms with Gasteiger partial charge in [-0.25, -0.2) is 9.78 Å². The third-order valence-corrected chi connectivity index (χ3v) is 4.23. The minimum Gasteiger partial charge on any atom is -0.464 e. The smallest absolute Gasteiger partial charge is 0.358 e. The molecule has 112 valence electrons. The summed E-state index contributed by atoms with van der Waals surface area (Å²) < 4.78 is 6.70. The molecule has 0 amide bonds. The molecule has 1 N–H and O–H groups in total. The maximum atomic E-state index is 11.9. The minimum atomic E-state index is -0.428. The van der Waals surface area contributed by atoms with Crippen LogP contribution in [-0.4, -0.2) is 35.6 Å².